The molecular weight excluding hydrogens is 320 g/mol. The van der Waals surface area contributed by atoms with Crippen molar-refractivity contribution in [1.82, 2.24) is 4.90 Å². The maximum absolute atomic E-state index is 12.2. The minimum atomic E-state index is -0.622. The third-order valence-electron chi connectivity index (χ3n) is 5.85. The van der Waals surface area contributed by atoms with Gasteiger partial charge in [-0.3, -0.25) is 4.79 Å². The van der Waals surface area contributed by atoms with E-state index in [1.807, 2.05) is 11.8 Å². The fourth-order valence-electron chi connectivity index (χ4n) is 3.76. The van der Waals surface area contributed by atoms with Crippen LogP contribution in [0.1, 0.15) is 112 Å². The second-order valence-electron chi connectivity index (χ2n) is 8.70. The van der Waals surface area contributed by atoms with Crippen molar-refractivity contribution in [1.29, 1.82) is 0 Å². The summed E-state index contributed by atoms with van der Waals surface area (Å²) >= 11 is 0. The van der Waals surface area contributed by atoms with E-state index in [0.29, 0.717) is 0 Å². The van der Waals surface area contributed by atoms with Crippen LogP contribution in [0.25, 0.3) is 0 Å². The van der Waals surface area contributed by atoms with Crippen LogP contribution in [0.2, 0.25) is 0 Å². The van der Waals surface area contributed by atoms with Crippen LogP contribution in [-0.2, 0) is 4.79 Å². The highest BCUT2D eigenvalue weighted by Gasteiger charge is 2.35. The van der Waals surface area contributed by atoms with Crippen molar-refractivity contribution >= 4 is 5.91 Å². The lowest BCUT2D eigenvalue weighted by atomic mass is 9.90. The zero-order chi connectivity index (χ0) is 20.0. The van der Waals surface area contributed by atoms with Crippen molar-refractivity contribution in [3.63, 3.8) is 0 Å². The first kappa shape index (κ1) is 25.4. The Labute approximate surface area is 164 Å². The molecule has 0 bridgehead atoms. The Balaban J connectivity index is 0.000000660. The van der Waals surface area contributed by atoms with Crippen molar-refractivity contribution in [3.05, 3.63) is 0 Å². The Bertz CT molecular complexity index is 348. The number of nitrogens with zero attached hydrogens (tertiary/aromatic N) is 1. The maximum atomic E-state index is 12.2. The molecule has 1 saturated heterocycles. The normalized spacial score (nSPS) is 21.5. The van der Waals surface area contributed by atoms with Gasteiger partial charge in [0.2, 0.25) is 5.91 Å². The van der Waals surface area contributed by atoms with Gasteiger partial charge in [0.05, 0.1) is 5.54 Å². The molecule has 1 aliphatic heterocycles. The van der Waals surface area contributed by atoms with Crippen LogP contribution in [0.15, 0.2) is 0 Å². The number of hydrogen-bond acceptors (Lipinski definition) is 2. The summed E-state index contributed by atoms with van der Waals surface area (Å²) in [5.74, 6) is 1.88. The molecule has 26 heavy (non-hydrogen) atoms. The van der Waals surface area contributed by atoms with E-state index in [2.05, 4.69) is 34.6 Å². The summed E-state index contributed by atoms with van der Waals surface area (Å²) in [5.41, 5.74) is 5.42. The topological polar surface area (TPSA) is 46.3 Å². The van der Waals surface area contributed by atoms with Gasteiger partial charge in [0, 0.05) is 13.1 Å². The van der Waals surface area contributed by atoms with Crippen molar-refractivity contribution in [2.24, 2.45) is 17.6 Å². The first-order valence-electron chi connectivity index (χ1n) is 11.4. The summed E-state index contributed by atoms with van der Waals surface area (Å²) in [6.07, 6.45) is 13.6. The molecule has 0 radical (unpaired) electrons. The largest absolute Gasteiger partial charge is 0.341 e. The Morgan fingerprint density at radius 1 is 1.04 bits per heavy atom. The number of hydrogen-bond donors (Lipinski definition) is 1. The fraction of sp³-hybridized carbons (Fsp3) is 0.957. The van der Waals surface area contributed by atoms with Gasteiger partial charge in [-0.1, -0.05) is 86.0 Å². The van der Waals surface area contributed by atoms with E-state index in [1.165, 1.54) is 51.4 Å². The number of carbonyl (C=O) groups excluding carboxylic acids is 1. The highest BCUT2D eigenvalue weighted by atomic mass is 16.2. The lowest BCUT2D eigenvalue weighted by molar-refractivity contribution is -0.139. The van der Waals surface area contributed by atoms with Gasteiger partial charge in [0.25, 0.3) is 0 Å². The van der Waals surface area contributed by atoms with Crippen LogP contribution < -0.4 is 5.73 Å². The second-order valence-corrected chi connectivity index (χ2v) is 8.70. The SMILES string of the molecule is CCCC(CCC)CCN1CCC[C@@](C)(N)C1=O.CCCC[C@H](C)CC. The standard InChI is InChI=1S/C15H30N2O.C8H18/c1-4-7-13(8-5-2)9-12-17-11-6-10-15(3,16)14(17)18;1-4-6-7-8(3)5-2/h13H,4-12,16H2,1-3H3;8H,4-7H2,1-3H3/t15-;8-/m11/s1. The smallest absolute Gasteiger partial charge is 0.242 e. The second kappa shape index (κ2) is 14.5. The summed E-state index contributed by atoms with van der Waals surface area (Å²) < 4.78 is 0. The van der Waals surface area contributed by atoms with Crippen LogP contribution in [0, 0.1) is 11.8 Å². The Kier molecular flexibility index (Phi) is 14.2. The first-order valence-corrected chi connectivity index (χ1v) is 11.4. The molecule has 1 rings (SSSR count). The molecule has 2 N–H and O–H groups in total. The number of amides is 1. The lowest BCUT2D eigenvalue weighted by Crippen LogP contribution is -2.57. The molecule has 0 saturated carbocycles. The molecule has 3 nitrogen and oxygen atoms in total. The Hall–Kier alpha value is -0.570. The number of likely N-dealkylation sites (tertiary alicyclic amines) is 1. The van der Waals surface area contributed by atoms with E-state index < -0.39 is 5.54 Å². The molecule has 0 spiro atoms. The molecule has 1 heterocycles. The highest BCUT2D eigenvalue weighted by molar-refractivity contribution is 5.86. The Morgan fingerprint density at radius 3 is 2.15 bits per heavy atom. The average molecular weight is 369 g/mol. The van der Waals surface area contributed by atoms with E-state index in [-0.39, 0.29) is 5.91 Å². The molecule has 1 amide bonds. The molecule has 3 heteroatoms. The molecule has 1 aliphatic rings. The van der Waals surface area contributed by atoms with Crippen LogP contribution in [0.4, 0.5) is 0 Å². The minimum Gasteiger partial charge on any atom is -0.341 e. The quantitative estimate of drug-likeness (QED) is 0.475. The third-order valence-corrected chi connectivity index (χ3v) is 5.85. The zero-order valence-electron chi connectivity index (χ0n) is 18.8. The number of unbranched alkanes of at least 4 members (excludes halogenated alkanes) is 1. The van der Waals surface area contributed by atoms with Crippen molar-refractivity contribution in [3.8, 4) is 0 Å². The summed E-state index contributed by atoms with van der Waals surface area (Å²) in [5, 5.41) is 0. The number of piperidine rings is 1. The molecular formula is C23H48N2O. The van der Waals surface area contributed by atoms with Crippen molar-refractivity contribution in [2.45, 2.75) is 118 Å². The van der Waals surface area contributed by atoms with Gasteiger partial charge >= 0.3 is 0 Å². The average Bonchev–Trinajstić information content (AvgIpc) is 2.61. The molecule has 0 aromatic rings. The number of carbonyl (C=O) groups is 1. The predicted molar refractivity (Wildman–Crippen MR) is 115 cm³/mol. The predicted octanol–water partition coefficient (Wildman–Crippen LogP) is 6.16. The van der Waals surface area contributed by atoms with Crippen LogP contribution in [0.5, 0.6) is 0 Å². The van der Waals surface area contributed by atoms with Crippen LogP contribution >= 0.6 is 0 Å². The van der Waals surface area contributed by atoms with Gasteiger partial charge in [-0.25, -0.2) is 0 Å². The molecule has 0 aromatic heterocycles. The highest BCUT2D eigenvalue weighted by Crippen LogP contribution is 2.23. The van der Waals surface area contributed by atoms with E-state index in [1.54, 1.807) is 0 Å². The number of rotatable bonds is 11. The molecule has 0 aromatic carbocycles. The molecule has 1 fully saturated rings. The summed E-state index contributed by atoms with van der Waals surface area (Å²) in [6.45, 7) is 15.0. The van der Waals surface area contributed by atoms with Crippen LogP contribution in [-0.4, -0.2) is 29.4 Å². The van der Waals surface area contributed by atoms with E-state index >= 15 is 0 Å². The maximum Gasteiger partial charge on any atom is 0.242 e. The van der Waals surface area contributed by atoms with Crippen molar-refractivity contribution in [2.75, 3.05) is 13.1 Å². The summed E-state index contributed by atoms with van der Waals surface area (Å²) in [6, 6.07) is 0. The van der Waals surface area contributed by atoms with Gasteiger partial charge < -0.3 is 10.6 Å². The van der Waals surface area contributed by atoms with E-state index in [9.17, 15) is 4.79 Å². The molecule has 0 unspecified atom stereocenters. The van der Waals surface area contributed by atoms with E-state index in [0.717, 1.165) is 44.2 Å². The monoisotopic (exact) mass is 368 g/mol. The van der Waals surface area contributed by atoms with E-state index in [4.69, 9.17) is 5.73 Å². The van der Waals surface area contributed by atoms with Crippen molar-refractivity contribution < 1.29 is 4.79 Å². The van der Waals surface area contributed by atoms with Gasteiger partial charge in [-0.15, -0.1) is 0 Å². The van der Waals surface area contributed by atoms with Gasteiger partial charge in [-0.2, -0.15) is 0 Å². The number of nitrogens with two attached hydrogens (primary N) is 1. The van der Waals surface area contributed by atoms with Crippen LogP contribution in [0.3, 0.4) is 0 Å². The van der Waals surface area contributed by atoms with Gasteiger partial charge in [0.15, 0.2) is 0 Å². The first-order chi connectivity index (χ1) is 12.3. The summed E-state index contributed by atoms with van der Waals surface area (Å²) in [7, 11) is 0. The molecule has 156 valence electrons. The molecule has 0 aliphatic carbocycles. The van der Waals surface area contributed by atoms with Gasteiger partial charge in [0.1, 0.15) is 0 Å². The third kappa shape index (κ3) is 10.5. The molecule has 2 atom stereocenters. The fourth-order valence-corrected chi connectivity index (χ4v) is 3.76. The minimum absolute atomic E-state index is 0.153. The lowest BCUT2D eigenvalue weighted by Gasteiger charge is -2.37. The van der Waals surface area contributed by atoms with Gasteiger partial charge in [-0.05, 0) is 38.0 Å². The zero-order valence-corrected chi connectivity index (χ0v) is 18.8. The Morgan fingerprint density at radius 2 is 1.65 bits per heavy atom. The summed E-state index contributed by atoms with van der Waals surface area (Å²) in [4.78, 5) is 14.2.